The molecule has 144 valence electrons. The van der Waals surface area contributed by atoms with Gasteiger partial charge in [0.1, 0.15) is 11.9 Å². The highest BCUT2D eigenvalue weighted by Crippen LogP contribution is 2.26. The maximum Gasteiger partial charge on any atom is 0.238 e. The highest BCUT2D eigenvalue weighted by Gasteiger charge is 2.23. The number of para-hydroxylation sites is 1. The van der Waals surface area contributed by atoms with Crippen LogP contribution in [0.15, 0.2) is 36.4 Å². The van der Waals surface area contributed by atoms with Gasteiger partial charge in [0.15, 0.2) is 0 Å². The Morgan fingerprint density at radius 3 is 2.33 bits per heavy atom. The Hall–Kier alpha value is -2.33. The molecule has 1 amide bonds. The lowest BCUT2D eigenvalue weighted by molar-refractivity contribution is -0.117. The molecule has 4 nitrogen and oxygen atoms in total. The molecule has 0 saturated carbocycles. The van der Waals surface area contributed by atoms with Gasteiger partial charge in [-0.15, -0.1) is 0 Å². The molecule has 1 aliphatic heterocycles. The molecule has 1 heterocycles. The fourth-order valence-corrected chi connectivity index (χ4v) is 3.68. The number of carbonyl (C=O) groups is 1. The second-order valence-electron chi connectivity index (χ2n) is 7.68. The number of nitrogens with zero attached hydrogens (tertiary/aromatic N) is 1. The molecule has 2 aromatic carbocycles. The van der Waals surface area contributed by atoms with Crippen molar-refractivity contribution in [3.05, 3.63) is 58.7 Å². The first-order valence-corrected chi connectivity index (χ1v) is 9.74. The molecular formula is C23H30N2O2. The van der Waals surface area contributed by atoms with E-state index in [2.05, 4.69) is 55.3 Å². The average molecular weight is 367 g/mol. The number of rotatable bonds is 5. The third-order valence-electron chi connectivity index (χ3n) is 5.25. The molecule has 1 N–H and O–H groups in total. The normalized spacial score (nSPS) is 15.6. The molecular weight excluding hydrogens is 336 g/mol. The fraction of sp³-hybridized carbons (Fsp3) is 0.435. The number of hydrogen-bond acceptors (Lipinski definition) is 3. The van der Waals surface area contributed by atoms with Gasteiger partial charge in [-0.05, 0) is 63.3 Å². The molecule has 1 aliphatic rings. The Bertz CT molecular complexity index is 788. The lowest BCUT2D eigenvalue weighted by atomic mass is 10.1. The van der Waals surface area contributed by atoms with Gasteiger partial charge < -0.3 is 10.1 Å². The zero-order valence-corrected chi connectivity index (χ0v) is 16.8. The summed E-state index contributed by atoms with van der Waals surface area (Å²) >= 11 is 0. The number of aryl methyl sites for hydroxylation is 4. The number of likely N-dealkylation sites (tertiary alicyclic amines) is 1. The van der Waals surface area contributed by atoms with E-state index in [4.69, 9.17) is 4.74 Å². The van der Waals surface area contributed by atoms with E-state index in [1.165, 1.54) is 16.7 Å². The van der Waals surface area contributed by atoms with Crippen LogP contribution in [-0.4, -0.2) is 36.5 Å². The van der Waals surface area contributed by atoms with Gasteiger partial charge in [-0.25, -0.2) is 0 Å². The van der Waals surface area contributed by atoms with Crippen molar-refractivity contribution in [1.82, 2.24) is 4.90 Å². The van der Waals surface area contributed by atoms with Crippen molar-refractivity contribution in [2.45, 2.75) is 46.6 Å². The summed E-state index contributed by atoms with van der Waals surface area (Å²) in [5, 5.41) is 3.04. The van der Waals surface area contributed by atoms with Gasteiger partial charge in [-0.1, -0.05) is 35.9 Å². The predicted molar refractivity (Wildman–Crippen MR) is 111 cm³/mol. The Morgan fingerprint density at radius 1 is 1.04 bits per heavy atom. The second-order valence-corrected chi connectivity index (χ2v) is 7.68. The van der Waals surface area contributed by atoms with Crippen LogP contribution in [0.2, 0.25) is 0 Å². The van der Waals surface area contributed by atoms with Crippen molar-refractivity contribution < 1.29 is 9.53 Å². The molecule has 0 aromatic heterocycles. The van der Waals surface area contributed by atoms with Crippen LogP contribution in [-0.2, 0) is 4.79 Å². The molecule has 0 atom stereocenters. The zero-order chi connectivity index (χ0) is 19.4. The van der Waals surface area contributed by atoms with Crippen LogP contribution in [0.1, 0.15) is 35.1 Å². The predicted octanol–water partition coefficient (Wildman–Crippen LogP) is 4.40. The van der Waals surface area contributed by atoms with Crippen LogP contribution in [0.4, 0.5) is 5.69 Å². The van der Waals surface area contributed by atoms with Gasteiger partial charge in [0, 0.05) is 18.8 Å². The summed E-state index contributed by atoms with van der Waals surface area (Å²) in [6, 6.07) is 12.3. The molecule has 1 fully saturated rings. The minimum absolute atomic E-state index is 0.0519. The van der Waals surface area contributed by atoms with E-state index < -0.39 is 0 Å². The van der Waals surface area contributed by atoms with Gasteiger partial charge in [0.05, 0.1) is 6.54 Å². The van der Waals surface area contributed by atoms with Crippen LogP contribution in [0.3, 0.4) is 0 Å². The molecule has 4 heteroatoms. The summed E-state index contributed by atoms with van der Waals surface area (Å²) in [4.78, 5) is 14.6. The molecule has 0 unspecified atom stereocenters. The summed E-state index contributed by atoms with van der Waals surface area (Å²) in [6.45, 7) is 10.5. The number of nitrogens with one attached hydrogen (secondary N) is 1. The Balaban J connectivity index is 1.48. The number of anilines is 1. The minimum atomic E-state index is 0.0519. The van der Waals surface area contributed by atoms with Crippen molar-refractivity contribution in [3.63, 3.8) is 0 Å². The van der Waals surface area contributed by atoms with E-state index in [0.717, 1.165) is 42.9 Å². The lowest BCUT2D eigenvalue weighted by Gasteiger charge is -2.32. The molecule has 2 aromatic rings. The van der Waals surface area contributed by atoms with Gasteiger partial charge in [-0.2, -0.15) is 0 Å². The smallest absolute Gasteiger partial charge is 0.238 e. The summed E-state index contributed by atoms with van der Waals surface area (Å²) in [5.74, 6) is 1.07. The van der Waals surface area contributed by atoms with Gasteiger partial charge in [0.2, 0.25) is 5.91 Å². The van der Waals surface area contributed by atoms with E-state index in [9.17, 15) is 4.79 Å². The molecule has 0 aliphatic carbocycles. The van der Waals surface area contributed by atoms with E-state index >= 15 is 0 Å². The Kier molecular flexibility index (Phi) is 6.17. The number of carbonyl (C=O) groups excluding carboxylic acids is 1. The second kappa shape index (κ2) is 8.57. The maximum atomic E-state index is 12.4. The third-order valence-corrected chi connectivity index (χ3v) is 5.25. The van der Waals surface area contributed by atoms with Gasteiger partial charge in [-0.3, -0.25) is 9.69 Å². The highest BCUT2D eigenvalue weighted by molar-refractivity contribution is 5.93. The average Bonchev–Trinajstić information content (AvgIpc) is 2.62. The van der Waals surface area contributed by atoms with Crippen molar-refractivity contribution >= 4 is 11.6 Å². The highest BCUT2D eigenvalue weighted by atomic mass is 16.5. The van der Waals surface area contributed by atoms with E-state index in [1.807, 2.05) is 19.1 Å². The summed E-state index contributed by atoms with van der Waals surface area (Å²) < 4.78 is 6.27. The molecule has 3 rings (SSSR count). The summed E-state index contributed by atoms with van der Waals surface area (Å²) in [7, 11) is 0. The number of hydrogen-bond donors (Lipinski definition) is 1. The van der Waals surface area contributed by atoms with Crippen LogP contribution in [0.25, 0.3) is 0 Å². The fourth-order valence-electron chi connectivity index (χ4n) is 3.68. The van der Waals surface area contributed by atoms with Crippen molar-refractivity contribution in [2.75, 3.05) is 25.0 Å². The molecule has 0 bridgehead atoms. The van der Waals surface area contributed by atoms with E-state index in [0.29, 0.717) is 6.54 Å². The third kappa shape index (κ3) is 5.10. The van der Waals surface area contributed by atoms with Gasteiger partial charge in [0.25, 0.3) is 0 Å². The Labute approximate surface area is 162 Å². The monoisotopic (exact) mass is 366 g/mol. The van der Waals surface area contributed by atoms with Crippen LogP contribution >= 0.6 is 0 Å². The molecule has 0 spiro atoms. The quantitative estimate of drug-likeness (QED) is 0.853. The van der Waals surface area contributed by atoms with E-state index in [-0.39, 0.29) is 12.0 Å². The molecule has 27 heavy (non-hydrogen) atoms. The maximum absolute atomic E-state index is 12.4. The first-order valence-electron chi connectivity index (χ1n) is 9.74. The largest absolute Gasteiger partial charge is 0.490 e. The first-order chi connectivity index (χ1) is 12.9. The first kappa shape index (κ1) is 19.4. The lowest BCUT2D eigenvalue weighted by Crippen LogP contribution is -2.42. The molecule has 1 saturated heterocycles. The number of piperidine rings is 1. The van der Waals surface area contributed by atoms with Crippen LogP contribution in [0, 0.1) is 27.7 Å². The Morgan fingerprint density at radius 2 is 1.70 bits per heavy atom. The number of benzene rings is 2. The summed E-state index contributed by atoms with van der Waals surface area (Å²) in [5.41, 5.74) is 5.58. The standard InChI is InChI=1S/C23H30N2O2/c1-16-8-9-21(19(4)14-16)24-22(26)15-25-12-10-20(11-13-25)27-23-17(2)6-5-7-18(23)3/h5-9,14,20H,10-13,15H2,1-4H3,(H,24,26). The van der Waals surface area contributed by atoms with Gasteiger partial charge >= 0.3 is 0 Å². The topological polar surface area (TPSA) is 41.6 Å². The van der Waals surface area contributed by atoms with Crippen molar-refractivity contribution in [1.29, 1.82) is 0 Å². The molecule has 0 radical (unpaired) electrons. The van der Waals surface area contributed by atoms with E-state index in [1.54, 1.807) is 0 Å². The van der Waals surface area contributed by atoms with Crippen LogP contribution < -0.4 is 10.1 Å². The van der Waals surface area contributed by atoms with Crippen molar-refractivity contribution in [3.8, 4) is 5.75 Å². The minimum Gasteiger partial charge on any atom is -0.490 e. The van der Waals surface area contributed by atoms with Crippen molar-refractivity contribution in [2.24, 2.45) is 0 Å². The number of ether oxygens (including phenoxy) is 1. The summed E-state index contributed by atoms with van der Waals surface area (Å²) in [6.07, 6.45) is 2.12. The SMILES string of the molecule is Cc1ccc(NC(=O)CN2CCC(Oc3c(C)cccc3C)CC2)c(C)c1. The number of amides is 1. The zero-order valence-electron chi connectivity index (χ0n) is 16.8. The van der Waals surface area contributed by atoms with Crippen LogP contribution in [0.5, 0.6) is 5.75 Å².